The Kier molecular flexibility index (Phi) is 3.32. The van der Waals surface area contributed by atoms with Crippen molar-refractivity contribution in [1.82, 2.24) is 4.98 Å². The molecular weight excluding hydrogens is 258 g/mol. The zero-order chi connectivity index (χ0) is 14.1. The van der Waals surface area contributed by atoms with Crippen molar-refractivity contribution in [3.05, 3.63) is 71.1 Å². The number of hydrogen-bond acceptors (Lipinski definition) is 2. The maximum Gasteiger partial charge on any atom is 0.162 e. The van der Waals surface area contributed by atoms with Crippen LogP contribution in [-0.2, 0) is 0 Å². The summed E-state index contributed by atoms with van der Waals surface area (Å²) in [7, 11) is 0. The summed E-state index contributed by atoms with van der Waals surface area (Å²) in [6.07, 6.45) is 6.04. The number of aromatic nitrogens is 1. The highest BCUT2D eigenvalue weighted by Gasteiger charge is 2.27. The molecule has 1 aromatic carbocycles. The summed E-state index contributed by atoms with van der Waals surface area (Å²) in [5, 5.41) is 0. The van der Waals surface area contributed by atoms with Crippen molar-refractivity contribution in [2.45, 2.75) is 18.4 Å². The minimum absolute atomic E-state index is 0.299. The third-order valence-corrected chi connectivity index (χ3v) is 3.71. The second-order valence-corrected chi connectivity index (χ2v) is 4.89. The van der Waals surface area contributed by atoms with Gasteiger partial charge in [0, 0.05) is 18.2 Å². The summed E-state index contributed by atoms with van der Waals surface area (Å²) < 4.78 is 27.4. The minimum atomic E-state index is -0.839. The Hall–Kier alpha value is -2.07. The molecule has 2 atom stereocenters. The van der Waals surface area contributed by atoms with Gasteiger partial charge in [0.2, 0.25) is 0 Å². The van der Waals surface area contributed by atoms with Gasteiger partial charge in [-0.3, -0.25) is 4.98 Å². The van der Waals surface area contributed by atoms with Gasteiger partial charge in [-0.1, -0.05) is 24.3 Å². The molecule has 0 fully saturated rings. The summed E-state index contributed by atoms with van der Waals surface area (Å²) in [5.41, 5.74) is 8.24. The number of halogens is 2. The third kappa shape index (κ3) is 2.12. The van der Waals surface area contributed by atoms with E-state index in [2.05, 4.69) is 4.98 Å². The fourth-order valence-electron chi connectivity index (χ4n) is 2.67. The molecule has 0 aliphatic heterocycles. The minimum Gasteiger partial charge on any atom is -0.323 e. The Bertz CT molecular complexity index is 667. The first-order valence-electron chi connectivity index (χ1n) is 6.49. The Morgan fingerprint density at radius 1 is 1.10 bits per heavy atom. The molecule has 102 valence electrons. The van der Waals surface area contributed by atoms with Crippen molar-refractivity contribution >= 4 is 6.08 Å². The van der Waals surface area contributed by atoms with Crippen molar-refractivity contribution < 1.29 is 8.78 Å². The first-order valence-corrected chi connectivity index (χ1v) is 6.49. The van der Waals surface area contributed by atoms with E-state index in [1.165, 1.54) is 6.07 Å². The van der Waals surface area contributed by atoms with Crippen LogP contribution in [-0.4, -0.2) is 4.98 Å². The lowest BCUT2D eigenvalue weighted by molar-refractivity contribution is 0.469. The number of allylic oxidation sites excluding steroid dienone is 1. The first kappa shape index (κ1) is 12.9. The lowest BCUT2D eigenvalue weighted by Gasteiger charge is -2.23. The first-order chi connectivity index (χ1) is 9.68. The standard InChI is InChI=1S/C16H14F2N2/c17-13-7-1-4-10(15(13)18)11-5-2-8-14-12(16(11)19)6-3-9-20-14/h1-4,6-9,11,16H,5,19H2/t11-,16-/m0/s1. The fourth-order valence-corrected chi connectivity index (χ4v) is 2.67. The molecule has 1 aliphatic carbocycles. The molecule has 0 saturated carbocycles. The molecule has 0 amide bonds. The third-order valence-electron chi connectivity index (χ3n) is 3.71. The Labute approximate surface area is 116 Å². The van der Waals surface area contributed by atoms with Crippen LogP contribution in [0.1, 0.15) is 35.2 Å². The number of pyridine rings is 1. The van der Waals surface area contributed by atoms with Crippen molar-refractivity contribution in [2.75, 3.05) is 0 Å². The molecular formula is C16H14F2N2. The lowest BCUT2D eigenvalue weighted by atomic mass is 9.86. The van der Waals surface area contributed by atoms with Crippen LogP contribution in [0.4, 0.5) is 8.78 Å². The van der Waals surface area contributed by atoms with Gasteiger partial charge >= 0.3 is 0 Å². The predicted octanol–water partition coefficient (Wildman–Crippen LogP) is 3.56. The van der Waals surface area contributed by atoms with E-state index in [4.69, 9.17) is 5.73 Å². The molecule has 0 spiro atoms. The van der Waals surface area contributed by atoms with Gasteiger partial charge in [0.1, 0.15) is 0 Å². The molecule has 2 aromatic rings. The molecule has 4 heteroatoms. The number of benzene rings is 1. The van der Waals surface area contributed by atoms with Crippen molar-refractivity contribution in [3.8, 4) is 0 Å². The smallest absolute Gasteiger partial charge is 0.162 e. The van der Waals surface area contributed by atoms with Crippen LogP contribution in [0.25, 0.3) is 6.08 Å². The number of hydrogen-bond donors (Lipinski definition) is 1. The van der Waals surface area contributed by atoms with E-state index in [0.29, 0.717) is 12.0 Å². The zero-order valence-electron chi connectivity index (χ0n) is 10.8. The summed E-state index contributed by atoms with van der Waals surface area (Å²) >= 11 is 0. The van der Waals surface area contributed by atoms with Gasteiger partial charge in [-0.05, 0) is 35.8 Å². The summed E-state index contributed by atoms with van der Waals surface area (Å²) in [6, 6.07) is 7.50. The van der Waals surface area contributed by atoms with E-state index in [1.54, 1.807) is 18.3 Å². The van der Waals surface area contributed by atoms with Gasteiger partial charge < -0.3 is 5.73 Å². The summed E-state index contributed by atoms with van der Waals surface area (Å²) in [6.45, 7) is 0. The van der Waals surface area contributed by atoms with Crippen LogP contribution in [0.2, 0.25) is 0 Å². The highest BCUT2D eigenvalue weighted by molar-refractivity contribution is 5.53. The topological polar surface area (TPSA) is 38.9 Å². The van der Waals surface area contributed by atoms with E-state index in [-0.39, 0.29) is 5.92 Å². The number of rotatable bonds is 1. The van der Waals surface area contributed by atoms with Crippen LogP contribution >= 0.6 is 0 Å². The Morgan fingerprint density at radius 2 is 1.90 bits per heavy atom. The fraction of sp³-hybridized carbons (Fsp3) is 0.188. The van der Waals surface area contributed by atoms with Crippen LogP contribution in [0.3, 0.4) is 0 Å². The highest BCUT2D eigenvalue weighted by atomic mass is 19.2. The Balaban J connectivity index is 2.08. The average molecular weight is 272 g/mol. The van der Waals surface area contributed by atoms with Gasteiger partial charge in [-0.15, -0.1) is 0 Å². The van der Waals surface area contributed by atoms with Crippen LogP contribution in [0.5, 0.6) is 0 Å². The molecule has 0 radical (unpaired) electrons. The van der Waals surface area contributed by atoms with E-state index in [1.807, 2.05) is 18.2 Å². The SMILES string of the molecule is N[C@@H]1c2cccnc2C=CC[C@H]1c1cccc(F)c1F. The largest absolute Gasteiger partial charge is 0.323 e. The molecule has 0 unspecified atom stereocenters. The van der Waals surface area contributed by atoms with Crippen molar-refractivity contribution in [2.24, 2.45) is 5.73 Å². The average Bonchev–Trinajstić information content (AvgIpc) is 2.62. The Morgan fingerprint density at radius 3 is 2.75 bits per heavy atom. The van der Waals surface area contributed by atoms with Gasteiger partial charge in [-0.2, -0.15) is 0 Å². The van der Waals surface area contributed by atoms with E-state index in [9.17, 15) is 8.78 Å². The van der Waals surface area contributed by atoms with Crippen molar-refractivity contribution in [1.29, 1.82) is 0 Å². The maximum absolute atomic E-state index is 14.0. The van der Waals surface area contributed by atoms with Gasteiger partial charge in [0.15, 0.2) is 11.6 Å². The van der Waals surface area contributed by atoms with Gasteiger partial charge in [0.25, 0.3) is 0 Å². The lowest BCUT2D eigenvalue weighted by Crippen LogP contribution is -2.21. The van der Waals surface area contributed by atoms with Crippen LogP contribution in [0, 0.1) is 11.6 Å². The molecule has 20 heavy (non-hydrogen) atoms. The summed E-state index contributed by atoms with van der Waals surface area (Å²) in [5.74, 6) is -1.95. The molecule has 1 aliphatic rings. The molecule has 0 saturated heterocycles. The molecule has 1 heterocycles. The highest BCUT2D eigenvalue weighted by Crippen LogP contribution is 2.37. The number of nitrogens with zero attached hydrogens (tertiary/aromatic N) is 1. The second-order valence-electron chi connectivity index (χ2n) is 4.89. The summed E-state index contributed by atoms with van der Waals surface area (Å²) in [4.78, 5) is 4.26. The normalized spacial score (nSPS) is 21.4. The predicted molar refractivity (Wildman–Crippen MR) is 73.9 cm³/mol. The van der Waals surface area contributed by atoms with E-state index < -0.39 is 17.7 Å². The van der Waals surface area contributed by atoms with E-state index >= 15 is 0 Å². The number of nitrogens with two attached hydrogens (primary N) is 1. The zero-order valence-corrected chi connectivity index (χ0v) is 10.8. The molecule has 2 nitrogen and oxygen atoms in total. The van der Waals surface area contributed by atoms with E-state index in [0.717, 1.165) is 17.3 Å². The second kappa shape index (κ2) is 5.13. The van der Waals surface area contributed by atoms with Gasteiger partial charge in [0.05, 0.1) is 5.69 Å². The number of fused-ring (bicyclic) bond motifs is 1. The molecule has 0 bridgehead atoms. The van der Waals surface area contributed by atoms with Gasteiger partial charge in [-0.25, -0.2) is 8.78 Å². The molecule has 2 N–H and O–H groups in total. The molecule has 3 rings (SSSR count). The van der Waals surface area contributed by atoms with Crippen LogP contribution < -0.4 is 5.73 Å². The quantitative estimate of drug-likeness (QED) is 0.862. The monoisotopic (exact) mass is 272 g/mol. The van der Waals surface area contributed by atoms with Crippen LogP contribution in [0.15, 0.2) is 42.6 Å². The maximum atomic E-state index is 14.0. The molecule has 1 aromatic heterocycles. The van der Waals surface area contributed by atoms with Crippen molar-refractivity contribution in [3.63, 3.8) is 0 Å².